The van der Waals surface area contributed by atoms with E-state index < -0.39 is 29.2 Å². The van der Waals surface area contributed by atoms with Gasteiger partial charge in [0.1, 0.15) is 19.8 Å². The number of carbonyl (C=O) groups is 2. The van der Waals surface area contributed by atoms with Crippen molar-refractivity contribution in [2.45, 2.75) is 11.3 Å². The lowest BCUT2D eigenvalue weighted by atomic mass is 10.3. The van der Waals surface area contributed by atoms with Gasteiger partial charge >= 0.3 is 5.97 Å². The van der Waals surface area contributed by atoms with E-state index in [2.05, 4.69) is 5.32 Å². The van der Waals surface area contributed by atoms with Crippen molar-refractivity contribution in [3.63, 3.8) is 0 Å². The summed E-state index contributed by atoms with van der Waals surface area (Å²) in [7, 11) is -1.36. The lowest BCUT2D eigenvalue weighted by Crippen LogP contribution is -2.30. The zero-order chi connectivity index (χ0) is 15.2. The Labute approximate surface area is 123 Å². The van der Waals surface area contributed by atoms with Crippen molar-refractivity contribution >= 4 is 22.7 Å². The first kappa shape index (κ1) is 15.3. The van der Waals surface area contributed by atoms with Gasteiger partial charge in [0.25, 0.3) is 0 Å². The zero-order valence-electron chi connectivity index (χ0n) is 11.2. The number of benzene rings is 1. The third-order valence-electron chi connectivity index (χ3n) is 2.73. The Morgan fingerprint density at radius 1 is 1.24 bits per heavy atom. The van der Waals surface area contributed by atoms with Gasteiger partial charge in [0.2, 0.25) is 5.91 Å². The van der Waals surface area contributed by atoms with Gasteiger partial charge in [-0.15, -0.1) is 0 Å². The molecule has 0 fully saturated rings. The van der Waals surface area contributed by atoms with E-state index in [4.69, 9.17) is 14.6 Å². The van der Waals surface area contributed by atoms with Crippen molar-refractivity contribution in [2.75, 3.05) is 25.5 Å². The molecule has 1 aliphatic heterocycles. The molecule has 0 aliphatic carbocycles. The normalized spacial score (nSPS) is 14.3. The molecule has 8 heteroatoms. The van der Waals surface area contributed by atoms with E-state index in [1.54, 1.807) is 18.2 Å². The molecule has 1 aliphatic rings. The van der Waals surface area contributed by atoms with E-state index in [1.165, 1.54) is 0 Å². The van der Waals surface area contributed by atoms with E-state index in [9.17, 15) is 13.8 Å². The maximum Gasteiger partial charge on any atom is 0.322 e. The highest BCUT2D eigenvalue weighted by molar-refractivity contribution is 7.85. The third kappa shape index (κ3) is 4.45. The van der Waals surface area contributed by atoms with Crippen LogP contribution in [0, 0.1) is 0 Å². The number of rotatable bonds is 6. The number of ether oxygens (including phenoxy) is 2. The summed E-state index contributed by atoms with van der Waals surface area (Å²) in [5.74, 6) is -0.284. The summed E-state index contributed by atoms with van der Waals surface area (Å²) in [4.78, 5) is 22.2. The number of carboxylic acids is 1. The SMILES string of the molecule is O=C(O)CNC(=O)CCS(=O)c1ccc2c(c1)OCCO2. The predicted molar refractivity (Wildman–Crippen MR) is 74.0 cm³/mol. The van der Waals surface area contributed by atoms with Crippen molar-refractivity contribution in [1.82, 2.24) is 5.32 Å². The topological polar surface area (TPSA) is 102 Å². The molecule has 1 aromatic rings. The predicted octanol–water partition coefficient (Wildman–Crippen LogP) is 0.156. The molecule has 0 bridgehead atoms. The number of aliphatic carboxylic acids is 1. The van der Waals surface area contributed by atoms with E-state index in [0.29, 0.717) is 29.6 Å². The van der Waals surface area contributed by atoms with Gasteiger partial charge in [-0.2, -0.15) is 0 Å². The van der Waals surface area contributed by atoms with E-state index >= 15 is 0 Å². The van der Waals surface area contributed by atoms with Crippen molar-refractivity contribution in [3.8, 4) is 11.5 Å². The molecule has 1 heterocycles. The summed E-state index contributed by atoms with van der Waals surface area (Å²) in [5.41, 5.74) is 0. The lowest BCUT2D eigenvalue weighted by Gasteiger charge is -2.18. The van der Waals surface area contributed by atoms with Crippen LogP contribution in [0.15, 0.2) is 23.1 Å². The Kier molecular flexibility index (Phi) is 5.15. The van der Waals surface area contributed by atoms with Crippen molar-refractivity contribution in [2.24, 2.45) is 0 Å². The maximum atomic E-state index is 12.1. The summed E-state index contributed by atoms with van der Waals surface area (Å²) in [6.45, 7) is 0.495. The fraction of sp³-hybridized carbons (Fsp3) is 0.385. The van der Waals surface area contributed by atoms with E-state index in [-0.39, 0.29) is 12.2 Å². The average molecular weight is 313 g/mol. The van der Waals surface area contributed by atoms with Crippen molar-refractivity contribution in [3.05, 3.63) is 18.2 Å². The molecule has 0 spiro atoms. The Morgan fingerprint density at radius 2 is 1.95 bits per heavy atom. The molecule has 2 N–H and O–H groups in total. The number of carboxylic acid groups (broad SMARTS) is 1. The van der Waals surface area contributed by atoms with Crippen LogP contribution >= 0.6 is 0 Å². The minimum absolute atomic E-state index is 0.00562. The monoisotopic (exact) mass is 313 g/mol. The van der Waals surface area contributed by atoms with Crippen molar-refractivity contribution < 1.29 is 28.4 Å². The second-order valence-electron chi connectivity index (χ2n) is 4.28. The number of carbonyl (C=O) groups excluding carboxylic acids is 1. The second kappa shape index (κ2) is 7.07. The Balaban J connectivity index is 1.88. The molecule has 1 aromatic carbocycles. The first-order valence-corrected chi connectivity index (χ1v) is 7.64. The minimum atomic E-state index is -1.36. The van der Waals surface area contributed by atoms with E-state index in [1.807, 2.05) is 0 Å². The number of amides is 1. The molecule has 1 unspecified atom stereocenters. The first-order valence-electron chi connectivity index (χ1n) is 6.33. The van der Waals surface area contributed by atoms with Crippen molar-refractivity contribution in [1.29, 1.82) is 0 Å². The van der Waals surface area contributed by atoms with Gasteiger partial charge in [0, 0.05) is 23.1 Å². The van der Waals surface area contributed by atoms with Crippen LogP contribution < -0.4 is 14.8 Å². The van der Waals surface area contributed by atoms with Gasteiger partial charge in [-0.25, -0.2) is 0 Å². The fourth-order valence-electron chi connectivity index (χ4n) is 1.73. The van der Waals surface area contributed by atoms with Gasteiger partial charge < -0.3 is 19.9 Å². The Hall–Kier alpha value is -2.09. The molecule has 0 aromatic heterocycles. The van der Waals surface area contributed by atoms with Crippen LogP contribution in [0.2, 0.25) is 0 Å². The van der Waals surface area contributed by atoms with Crippen LogP contribution in [0.5, 0.6) is 11.5 Å². The number of fused-ring (bicyclic) bond motifs is 1. The van der Waals surface area contributed by atoms with Gasteiger partial charge in [-0.1, -0.05) is 0 Å². The third-order valence-corrected chi connectivity index (χ3v) is 4.08. The van der Waals surface area contributed by atoms with Gasteiger partial charge in [0.15, 0.2) is 11.5 Å². The summed E-state index contributed by atoms with van der Waals surface area (Å²) in [6, 6.07) is 4.99. The molecule has 114 valence electrons. The average Bonchev–Trinajstić information content (AvgIpc) is 2.50. The summed E-state index contributed by atoms with van der Waals surface area (Å²) in [6.07, 6.45) is -0.00562. The largest absolute Gasteiger partial charge is 0.486 e. The quantitative estimate of drug-likeness (QED) is 0.775. The van der Waals surface area contributed by atoms with Crippen LogP contribution in [0.3, 0.4) is 0 Å². The number of nitrogens with one attached hydrogen (secondary N) is 1. The molecule has 0 radical (unpaired) electrons. The fourth-order valence-corrected chi connectivity index (χ4v) is 2.80. The Bertz CT molecular complexity index is 574. The number of hydrogen-bond donors (Lipinski definition) is 2. The first-order chi connectivity index (χ1) is 10.1. The smallest absolute Gasteiger partial charge is 0.322 e. The Morgan fingerprint density at radius 3 is 2.67 bits per heavy atom. The molecule has 1 amide bonds. The summed E-state index contributed by atoms with van der Waals surface area (Å²) < 4.78 is 22.9. The highest BCUT2D eigenvalue weighted by atomic mass is 32.2. The molecular weight excluding hydrogens is 298 g/mol. The standard InChI is InChI=1S/C13H15NO6S/c15-12(14-8-13(16)17)3-6-21(18)9-1-2-10-11(7-9)20-5-4-19-10/h1-2,7H,3-6,8H2,(H,14,15)(H,16,17). The van der Waals surface area contributed by atoms with Crippen LogP contribution in [0.25, 0.3) is 0 Å². The van der Waals surface area contributed by atoms with Crippen LogP contribution in [0.4, 0.5) is 0 Å². The molecule has 0 saturated carbocycles. The second-order valence-corrected chi connectivity index (χ2v) is 5.85. The molecule has 7 nitrogen and oxygen atoms in total. The molecule has 2 rings (SSSR count). The van der Waals surface area contributed by atoms with Gasteiger partial charge in [-0.3, -0.25) is 13.8 Å². The zero-order valence-corrected chi connectivity index (χ0v) is 12.0. The molecule has 0 saturated heterocycles. The van der Waals surface area contributed by atoms with Gasteiger partial charge in [0.05, 0.1) is 10.8 Å². The minimum Gasteiger partial charge on any atom is -0.486 e. The van der Waals surface area contributed by atoms with Crippen LogP contribution in [0.1, 0.15) is 6.42 Å². The maximum absolute atomic E-state index is 12.1. The molecule has 21 heavy (non-hydrogen) atoms. The van der Waals surface area contributed by atoms with E-state index in [0.717, 1.165) is 0 Å². The number of hydrogen-bond acceptors (Lipinski definition) is 5. The van der Waals surface area contributed by atoms with Crippen LogP contribution in [-0.4, -0.2) is 46.7 Å². The molecule has 1 atom stereocenters. The summed E-state index contributed by atoms with van der Waals surface area (Å²) >= 11 is 0. The lowest BCUT2D eigenvalue weighted by molar-refractivity contribution is -0.137. The molecular formula is C13H15NO6S. The van der Waals surface area contributed by atoms with Gasteiger partial charge in [-0.05, 0) is 12.1 Å². The van der Waals surface area contributed by atoms with Crippen LogP contribution in [-0.2, 0) is 20.4 Å². The highest BCUT2D eigenvalue weighted by Crippen LogP contribution is 2.31. The summed E-state index contributed by atoms with van der Waals surface area (Å²) in [5, 5.41) is 10.7. The highest BCUT2D eigenvalue weighted by Gasteiger charge is 2.15.